The lowest BCUT2D eigenvalue weighted by Gasteiger charge is -2.28. The Morgan fingerprint density at radius 2 is 2.15 bits per heavy atom. The van der Waals surface area contributed by atoms with Crippen LogP contribution < -0.4 is 11.1 Å². The van der Waals surface area contributed by atoms with Gasteiger partial charge in [-0.3, -0.25) is 4.79 Å². The van der Waals surface area contributed by atoms with Crippen molar-refractivity contribution in [2.45, 2.75) is 50.8 Å². The first-order chi connectivity index (χ1) is 6.11. The number of carbonyl (C=O) groups is 1. The third-order valence-electron chi connectivity index (χ3n) is 2.47. The first-order valence-corrected chi connectivity index (χ1v) is 4.85. The average Bonchev–Trinajstić information content (AvgIpc) is 2.08. The van der Waals surface area contributed by atoms with Crippen LogP contribution in [0.4, 0.5) is 0 Å². The molecule has 1 fully saturated rings. The molecule has 76 valence electrons. The smallest absolute Gasteiger partial charge is 0.236 e. The molecule has 0 bridgehead atoms. The van der Waals surface area contributed by atoms with Crippen molar-refractivity contribution in [3.05, 3.63) is 0 Å². The Kier molecular flexibility index (Phi) is 3.69. The summed E-state index contributed by atoms with van der Waals surface area (Å²) in [6, 6.07) is -0.582. The third kappa shape index (κ3) is 2.97. The maximum Gasteiger partial charge on any atom is 0.236 e. The van der Waals surface area contributed by atoms with E-state index in [4.69, 9.17) is 5.73 Å². The first-order valence-electron chi connectivity index (χ1n) is 4.85. The first kappa shape index (κ1) is 10.5. The van der Waals surface area contributed by atoms with Crippen LogP contribution in [0.5, 0.6) is 0 Å². The molecule has 1 rings (SSSR count). The number of nitrogens with two attached hydrogens (primary N) is 1. The number of rotatable bonds is 2. The van der Waals surface area contributed by atoms with Crippen LogP contribution in [0.25, 0.3) is 0 Å². The lowest BCUT2D eigenvalue weighted by molar-refractivity contribution is -0.123. The quantitative estimate of drug-likeness (QED) is 0.557. The summed E-state index contributed by atoms with van der Waals surface area (Å²) in [5.41, 5.74) is 5.40. The summed E-state index contributed by atoms with van der Waals surface area (Å²) in [5.74, 6) is -0.175. The molecule has 0 spiro atoms. The van der Waals surface area contributed by atoms with Crippen LogP contribution >= 0.6 is 0 Å². The molecule has 0 aromatic rings. The molecule has 0 heterocycles. The molecule has 0 aromatic heterocycles. The van der Waals surface area contributed by atoms with E-state index >= 15 is 0 Å². The van der Waals surface area contributed by atoms with E-state index in [1.807, 2.05) is 0 Å². The molecule has 1 saturated carbocycles. The van der Waals surface area contributed by atoms with Crippen molar-refractivity contribution in [2.24, 2.45) is 5.73 Å². The van der Waals surface area contributed by atoms with Crippen molar-refractivity contribution in [2.75, 3.05) is 0 Å². The van der Waals surface area contributed by atoms with Gasteiger partial charge < -0.3 is 16.2 Å². The van der Waals surface area contributed by atoms with Crippen molar-refractivity contribution < 1.29 is 9.90 Å². The fourth-order valence-corrected chi connectivity index (χ4v) is 1.59. The predicted octanol–water partition coefficient (Wildman–Crippen LogP) is -0.247. The molecular weight excluding hydrogens is 168 g/mol. The van der Waals surface area contributed by atoms with Crippen LogP contribution in [0.1, 0.15) is 32.6 Å². The van der Waals surface area contributed by atoms with Gasteiger partial charge in [0.2, 0.25) is 5.91 Å². The van der Waals surface area contributed by atoms with E-state index in [0.717, 1.165) is 25.7 Å². The Morgan fingerprint density at radius 1 is 1.54 bits per heavy atom. The second-order valence-corrected chi connectivity index (χ2v) is 3.76. The number of aliphatic hydroxyl groups is 1. The molecular formula is C9H18N2O2. The summed E-state index contributed by atoms with van der Waals surface area (Å²) < 4.78 is 0. The summed E-state index contributed by atoms with van der Waals surface area (Å²) in [6.07, 6.45) is 3.37. The van der Waals surface area contributed by atoms with E-state index in [0.29, 0.717) is 0 Å². The van der Waals surface area contributed by atoms with E-state index in [1.165, 1.54) is 0 Å². The van der Waals surface area contributed by atoms with E-state index in [1.54, 1.807) is 6.92 Å². The molecule has 0 radical (unpaired) electrons. The Bertz CT molecular complexity index is 182. The van der Waals surface area contributed by atoms with Gasteiger partial charge in [-0.15, -0.1) is 0 Å². The number of hydrogen-bond donors (Lipinski definition) is 3. The molecule has 0 aromatic carbocycles. The van der Waals surface area contributed by atoms with Crippen LogP contribution in [0.15, 0.2) is 0 Å². The highest BCUT2D eigenvalue weighted by Crippen LogP contribution is 2.18. The lowest BCUT2D eigenvalue weighted by Crippen LogP contribution is -2.49. The molecule has 1 aliphatic carbocycles. The van der Waals surface area contributed by atoms with Gasteiger partial charge in [-0.2, -0.15) is 0 Å². The van der Waals surface area contributed by atoms with Gasteiger partial charge in [-0.25, -0.2) is 0 Å². The zero-order valence-corrected chi connectivity index (χ0v) is 7.99. The van der Waals surface area contributed by atoms with Gasteiger partial charge in [0.1, 0.15) is 0 Å². The molecule has 0 aliphatic heterocycles. The zero-order valence-electron chi connectivity index (χ0n) is 7.99. The second kappa shape index (κ2) is 4.58. The van der Waals surface area contributed by atoms with Crippen molar-refractivity contribution in [1.82, 2.24) is 5.32 Å². The van der Waals surface area contributed by atoms with Gasteiger partial charge in [0.15, 0.2) is 0 Å². The average molecular weight is 186 g/mol. The number of nitrogens with one attached hydrogen (secondary N) is 1. The normalized spacial score (nSPS) is 31.0. The van der Waals surface area contributed by atoms with Crippen molar-refractivity contribution in [3.8, 4) is 0 Å². The van der Waals surface area contributed by atoms with Gasteiger partial charge in [-0.05, 0) is 19.8 Å². The fourth-order valence-electron chi connectivity index (χ4n) is 1.59. The van der Waals surface area contributed by atoms with Gasteiger partial charge in [0.25, 0.3) is 0 Å². The largest absolute Gasteiger partial charge is 0.391 e. The Balaban J connectivity index is 2.38. The Labute approximate surface area is 78.5 Å². The Hall–Kier alpha value is -0.610. The number of aliphatic hydroxyl groups excluding tert-OH is 1. The number of hydrogen-bond acceptors (Lipinski definition) is 3. The minimum Gasteiger partial charge on any atom is -0.391 e. The molecule has 3 atom stereocenters. The summed E-state index contributed by atoms with van der Waals surface area (Å²) in [6.45, 7) is 1.64. The molecule has 4 N–H and O–H groups in total. The molecule has 0 unspecified atom stereocenters. The highest BCUT2D eigenvalue weighted by Gasteiger charge is 2.24. The minimum absolute atomic E-state index is 0.0905. The summed E-state index contributed by atoms with van der Waals surface area (Å²) in [5, 5.41) is 12.3. The molecule has 0 saturated heterocycles. The molecule has 13 heavy (non-hydrogen) atoms. The van der Waals surface area contributed by atoms with E-state index < -0.39 is 12.1 Å². The second-order valence-electron chi connectivity index (χ2n) is 3.76. The van der Waals surface area contributed by atoms with Crippen molar-refractivity contribution in [1.29, 1.82) is 0 Å². The molecule has 1 aliphatic rings. The van der Waals surface area contributed by atoms with Gasteiger partial charge in [0.05, 0.1) is 18.2 Å². The SMILES string of the molecule is C[C@@H](N)C(=O)N[C@@H]1CCCC[C@H]1O. The molecule has 1 amide bonds. The van der Waals surface area contributed by atoms with E-state index in [9.17, 15) is 9.90 Å². The maximum absolute atomic E-state index is 11.2. The predicted molar refractivity (Wildman–Crippen MR) is 50.1 cm³/mol. The summed E-state index contributed by atoms with van der Waals surface area (Å²) in [4.78, 5) is 11.2. The fraction of sp³-hybridized carbons (Fsp3) is 0.889. The monoisotopic (exact) mass is 186 g/mol. The van der Waals surface area contributed by atoms with E-state index in [2.05, 4.69) is 5.32 Å². The van der Waals surface area contributed by atoms with Crippen LogP contribution in [0.3, 0.4) is 0 Å². The highest BCUT2D eigenvalue weighted by molar-refractivity contribution is 5.81. The van der Waals surface area contributed by atoms with Crippen LogP contribution in [0.2, 0.25) is 0 Å². The van der Waals surface area contributed by atoms with Crippen molar-refractivity contribution in [3.63, 3.8) is 0 Å². The number of carbonyl (C=O) groups excluding carboxylic acids is 1. The maximum atomic E-state index is 11.2. The zero-order chi connectivity index (χ0) is 9.84. The number of amides is 1. The third-order valence-corrected chi connectivity index (χ3v) is 2.47. The van der Waals surface area contributed by atoms with Crippen LogP contribution in [-0.4, -0.2) is 29.2 Å². The molecule has 4 nitrogen and oxygen atoms in total. The standard InChI is InChI=1S/C9H18N2O2/c1-6(10)9(13)11-7-4-2-3-5-8(7)12/h6-8,12H,2-5,10H2,1H3,(H,11,13)/t6-,7-,8-/m1/s1. The van der Waals surface area contributed by atoms with E-state index in [-0.39, 0.29) is 11.9 Å². The summed E-state index contributed by atoms with van der Waals surface area (Å²) >= 11 is 0. The van der Waals surface area contributed by atoms with Crippen LogP contribution in [0, 0.1) is 0 Å². The highest BCUT2D eigenvalue weighted by atomic mass is 16.3. The van der Waals surface area contributed by atoms with Gasteiger partial charge in [0, 0.05) is 0 Å². The van der Waals surface area contributed by atoms with Crippen molar-refractivity contribution >= 4 is 5.91 Å². The molecule has 4 heteroatoms. The van der Waals surface area contributed by atoms with Gasteiger partial charge in [-0.1, -0.05) is 12.8 Å². The van der Waals surface area contributed by atoms with Crippen LogP contribution in [-0.2, 0) is 4.79 Å². The van der Waals surface area contributed by atoms with Gasteiger partial charge >= 0.3 is 0 Å². The lowest BCUT2D eigenvalue weighted by atomic mass is 9.92. The topological polar surface area (TPSA) is 75.4 Å². The minimum atomic E-state index is -0.492. The summed E-state index contributed by atoms with van der Waals surface area (Å²) in [7, 11) is 0. The Morgan fingerprint density at radius 3 is 2.69 bits per heavy atom.